The van der Waals surface area contributed by atoms with Crippen molar-refractivity contribution in [2.24, 2.45) is 0 Å². The van der Waals surface area contributed by atoms with Gasteiger partial charge in [0, 0.05) is 6.54 Å². The second-order valence-electron chi connectivity index (χ2n) is 2.47. The van der Waals surface area contributed by atoms with Crippen molar-refractivity contribution < 1.29 is 4.79 Å². The molecule has 0 radical (unpaired) electrons. The van der Waals surface area contributed by atoms with Gasteiger partial charge in [-0.05, 0) is 6.42 Å². The summed E-state index contributed by atoms with van der Waals surface area (Å²) in [6.45, 7) is 0.740. The maximum Gasteiger partial charge on any atom is 0.242 e. The van der Waals surface area contributed by atoms with E-state index in [1.165, 1.54) is 11.3 Å². The summed E-state index contributed by atoms with van der Waals surface area (Å²) in [7, 11) is 0. The number of nitrogens with zero attached hydrogens (tertiary/aromatic N) is 3. The summed E-state index contributed by atoms with van der Waals surface area (Å²) in [4.78, 5) is 13.0. The Labute approximate surface area is 81.7 Å². The number of amides is 1. The van der Waals surface area contributed by atoms with E-state index < -0.39 is 0 Å². The van der Waals surface area contributed by atoms with Gasteiger partial charge in [0.15, 0.2) is 0 Å². The summed E-state index contributed by atoms with van der Waals surface area (Å²) < 4.78 is 0. The molecule has 1 amide bonds. The van der Waals surface area contributed by atoms with E-state index in [1.807, 2.05) is 0 Å². The third-order valence-electron chi connectivity index (χ3n) is 1.72. The molecule has 0 aliphatic carbocycles. The fourth-order valence-corrected chi connectivity index (χ4v) is 2.16. The first-order valence-electron chi connectivity index (χ1n) is 3.50. The Kier molecular flexibility index (Phi) is 2.10. The number of anilines is 1. The van der Waals surface area contributed by atoms with Crippen molar-refractivity contribution in [2.45, 2.75) is 11.2 Å². The Morgan fingerprint density at radius 1 is 1.75 bits per heavy atom. The molecule has 0 spiro atoms. The highest BCUT2D eigenvalue weighted by Gasteiger charge is 2.31. The Bertz CT molecular complexity index is 289. The molecular weight excluding hydrogens is 242 g/mol. The number of hydrogen-bond acceptors (Lipinski definition) is 4. The van der Waals surface area contributed by atoms with Crippen LogP contribution in [0.25, 0.3) is 0 Å². The Morgan fingerprint density at radius 2 is 2.58 bits per heavy atom. The van der Waals surface area contributed by atoms with Crippen LogP contribution in [0.4, 0.5) is 5.13 Å². The van der Waals surface area contributed by atoms with Crippen LogP contribution in [0.3, 0.4) is 0 Å². The highest BCUT2D eigenvalue weighted by molar-refractivity contribution is 9.10. The summed E-state index contributed by atoms with van der Waals surface area (Å²) in [5.74, 6) is 0.0896. The van der Waals surface area contributed by atoms with Crippen molar-refractivity contribution in [1.82, 2.24) is 10.2 Å². The summed E-state index contributed by atoms with van der Waals surface area (Å²) in [6.07, 6.45) is 0.846. The zero-order valence-electron chi connectivity index (χ0n) is 6.11. The molecular formula is C6H6BrN3OS. The molecule has 1 aliphatic heterocycles. The first-order chi connectivity index (χ1) is 5.79. The highest BCUT2D eigenvalue weighted by Crippen LogP contribution is 2.25. The van der Waals surface area contributed by atoms with E-state index >= 15 is 0 Å². The fourth-order valence-electron chi connectivity index (χ4n) is 1.12. The molecule has 2 rings (SSSR count). The van der Waals surface area contributed by atoms with Gasteiger partial charge in [0.2, 0.25) is 11.0 Å². The van der Waals surface area contributed by atoms with Crippen LogP contribution < -0.4 is 4.90 Å². The minimum Gasteiger partial charge on any atom is -0.286 e. The third-order valence-corrected chi connectivity index (χ3v) is 3.28. The average molecular weight is 248 g/mol. The molecule has 1 saturated heterocycles. The molecule has 1 fully saturated rings. The van der Waals surface area contributed by atoms with Crippen molar-refractivity contribution in [3.05, 3.63) is 5.51 Å². The number of aromatic nitrogens is 2. The Morgan fingerprint density at radius 3 is 3.08 bits per heavy atom. The molecule has 1 aliphatic rings. The number of rotatable bonds is 1. The molecule has 0 aromatic carbocycles. The lowest BCUT2D eigenvalue weighted by atomic mass is 10.4. The quantitative estimate of drug-likeness (QED) is 0.697. The lowest BCUT2D eigenvalue weighted by molar-refractivity contribution is -0.116. The van der Waals surface area contributed by atoms with Gasteiger partial charge in [-0.2, -0.15) is 0 Å². The van der Waals surface area contributed by atoms with E-state index in [2.05, 4.69) is 26.1 Å². The number of alkyl halides is 1. The lowest BCUT2D eigenvalue weighted by Gasteiger charge is -2.09. The van der Waals surface area contributed by atoms with Gasteiger partial charge >= 0.3 is 0 Å². The minimum atomic E-state index is -0.0404. The van der Waals surface area contributed by atoms with Crippen LogP contribution in [0.15, 0.2) is 5.51 Å². The van der Waals surface area contributed by atoms with E-state index in [1.54, 1.807) is 10.4 Å². The number of halogens is 1. The van der Waals surface area contributed by atoms with Gasteiger partial charge in [0.25, 0.3) is 0 Å². The summed E-state index contributed by atoms with van der Waals surface area (Å²) in [6, 6.07) is 0. The molecule has 64 valence electrons. The van der Waals surface area contributed by atoms with Crippen LogP contribution in [-0.4, -0.2) is 27.5 Å². The Balaban J connectivity index is 2.22. The third kappa shape index (κ3) is 1.25. The van der Waals surface area contributed by atoms with Gasteiger partial charge in [-0.25, -0.2) is 0 Å². The highest BCUT2D eigenvalue weighted by atomic mass is 79.9. The average Bonchev–Trinajstić information content (AvgIpc) is 2.64. The molecule has 1 unspecified atom stereocenters. The number of carbonyl (C=O) groups excluding carboxylic acids is 1. The summed E-state index contributed by atoms with van der Waals surface area (Å²) in [5, 5.41) is 8.22. The Hall–Kier alpha value is -0.490. The second kappa shape index (κ2) is 3.10. The topological polar surface area (TPSA) is 46.1 Å². The predicted molar refractivity (Wildman–Crippen MR) is 49.6 cm³/mol. The number of carbonyl (C=O) groups is 1. The van der Waals surface area contributed by atoms with E-state index in [0.717, 1.165) is 13.0 Å². The van der Waals surface area contributed by atoms with Crippen molar-refractivity contribution in [3.8, 4) is 0 Å². The maximum absolute atomic E-state index is 11.4. The van der Waals surface area contributed by atoms with Crippen LogP contribution in [0.2, 0.25) is 0 Å². The van der Waals surface area contributed by atoms with Crippen molar-refractivity contribution in [2.75, 3.05) is 11.4 Å². The second-order valence-corrected chi connectivity index (χ2v) is 4.38. The van der Waals surface area contributed by atoms with Crippen LogP contribution in [0.5, 0.6) is 0 Å². The van der Waals surface area contributed by atoms with E-state index in [4.69, 9.17) is 0 Å². The molecule has 1 aromatic heterocycles. The van der Waals surface area contributed by atoms with E-state index in [-0.39, 0.29) is 10.7 Å². The molecule has 0 saturated carbocycles. The normalized spacial score (nSPS) is 23.6. The molecule has 0 N–H and O–H groups in total. The molecule has 1 aromatic rings. The zero-order chi connectivity index (χ0) is 8.55. The maximum atomic E-state index is 11.4. The first kappa shape index (κ1) is 8.12. The van der Waals surface area contributed by atoms with Crippen LogP contribution in [-0.2, 0) is 4.79 Å². The predicted octanol–water partition coefficient (Wildman–Crippen LogP) is 1.04. The van der Waals surface area contributed by atoms with Gasteiger partial charge in [-0.1, -0.05) is 27.3 Å². The smallest absolute Gasteiger partial charge is 0.242 e. The summed E-state index contributed by atoms with van der Waals surface area (Å²) in [5.41, 5.74) is 1.63. The summed E-state index contributed by atoms with van der Waals surface area (Å²) >= 11 is 4.68. The lowest BCUT2D eigenvalue weighted by Crippen LogP contribution is -2.26. The van der Waals surface area contributed by atoms with Crippen LogP contribution >= 0.6 is 27.3 Å². The van der Waals surface area contributed by atoms with Crippen molar-refractivity contribution >= 4 is 38.3 Å². The minimum absolute atomic E-state index is 0.0404. The zero-order valence-corrected chi connectivity index (χ0v) is 8.51. The monoisotopic (exact) mass is 247 g/mol. The number of hydrogen-bond donors (Lipinski definition) is 0. The SMILES string of the molecule is O=C1C(Br)CCN1c1nncs1. The van der Waals surface area contributed by atoms with Crippen molar-refractivity contribution in [1.29, 1.82) is 0 Å². The molecule has 12 heavy (non-hydrogen) atoms. The molecule has 6 heteroatoms. The molecule has 1 atom stereocenters. The standard InChI is InChI=1S/C6H6BrN3OS/c7-4-1-2-10(5(4)11)6-9-8-3-12-6/h3-4H,1-2H2. The first-order valence-corrected chi connectivity index (χ1v) is 5.30. The van der Waals surface area contributed by atoms with Gasteiger partial charge in [0.05, 0.1) is 4.83 Å². The van der Waals surface area contributed by atoms with Crippen LogP contribution in [0, 0.1) is 0 Å². The van der Waals surface area contributed by atoms with Gasteiger partial charge in [-0.3, -0.25) is 9.69 Å². The van der Waals surface area contributed by atoms with Gasteiger partial charge < -0.3 is 0 Å². The van der Waals surface area contributed by atoms with Gasteiger partial charge in [0.1, 0.15) is 5.51 Å². The molecule has 4 nitrogen and oxygen atoms in total. The van der Waals surface area contributed by atoms with E-state index in [9.17, 15) is 4.79 Å². The fraction of sp³-hybridized carbons (Fsp3) is 0.500. The van der Waals surface area contributed by atoms with Crippen molar-refractivity contribution in [3.63, 3.8) is 0 Å². The molecule has 2 heterocycles. The van der Waals surface area contributed by atoms with Crippen LogP contribution in [0.1, 0.15) is 6.42 Å². The van der Waals surface area contributed by atoms with E-state index in [0.29, 0.717) is 5.13 Å². The molecule has 0 bridgehead atoms. The van der Waals surface area contributed by atoms with Gasteiger partial charge in [-0.15, -0.1) is 10.2 Å². The largest absolute Gasteiger partial charge is 0.286 e.